The molecule has 0 bridgehead atoms. The molecule has 0 radical (unpaired) electrons. The number of amides is 3. The molecule has 1 aromatic heterocycles. The lowest BCUT2D eigenvalue weighted by Gasteiger charge is -2.39. The van der Waals surface area contributed by atoms with Gasteiger partial charge < -0.3 is 15.8 Å². The molecular formula is C12H9BrN4O3S. The first-order valence-corrected chi connectivity index (χ1v) is 7.55. The molecular weight excluding hydrogens is 360 g/mol. The van der Waals surface area contributed by atoms with Gasteiger partial charge in [-0.05, 0) is 28.1 Å². The van der Waals surface area contributed by atoms with Crippen molar-refractivity contribution in [3.05, 3.63) is 32.3 Å². The highest BCUT2D eigenvalue weighted by Gasteiger charge is 2.49. The number of allylic oxidation sites excluding steroid dienone is 1. The van der Waals surface area contributed by atoms with Crippen LogP contribution in [0.4, 0.5) is 4.79 Å². The van der Waals surface area contributed by atoms with Gasteiger partial charge in [-0.25, -0.2) is 4.79 Å². The first-order valence-electron chi connectivity index (χ1n) is 5.94. The predicted octanol–water partition coefficient (Wildman–Crippen LogP) is 1.10. The lowest BCUT2D eigenvalue weighted by molar-refractivity contribution is -0.132. The fraction of sp³-hybridized carbons (Fsp3) is 0.250. The molecule has 0 aliphatic carbocycles. The lowest BCUT2D eigenvalue weighted by atomic mass is 9.80. The second-order valence-corrected chi connectivity index (χ2v) is 7.03. The number of ether oxygens (including phenoxy) is 1. The summed E-state index contributed by atoms with van der Waals surface area (Å²) < 4.78 is 6.20. The molecule has 1 aromatic rings. The summed E-state index contributed by atoms with van der Waals surface area (Å²) in [6, 6.07) is 5.01. The summed E-state index contributed by atoms with van der Waals surface area (Å²) in [6.07, 6.45) is -0.880. The number of rotatable bonds is 1. The number of hydrogen-bond donors (Lipinski definition) is 3. The second kappa shape index (κ2) is 5.05. The smallest absolute Gasteiger partial charge is 0.324 e. The summed E-state index contributed by atoms with van der Waals surface area (Å²) in [5.41, 5.74) is 5.96. The number of nitriles is 1. The number of nitrogens with two attached hydrogens (primary N) is 1. The molecule has 108 valence electrons. The molecule has 1 fully saturated rings. The third-order valence-electron chi connectivity index (χ3n) is 3.35. The maximum Gasteiger partial charge on any atom is 0.324 e. The minimum absolute atomic E-state index is 0.0664. The van der Waals surface area contributed by atoms with Crippen LogP contribution in [0.1, 0.15) is 10.8 Å². The van der Waals surface area contributed by atoms with Gasteiger partial charge in [-0.1, -0.05) is 0 Å². The van der Waals surface area contributed by atoms with Crippen LogP contribution in [0.2, 0.25) is 0 Å². The summed E-state index contributed by atoms with van der Waals surface area (Å²) in [6.45, 7) is 0. The first kappa shape index (κ1) is 13.9. The van der Waals surface area contributed by atoms with Gasteiger partial charge in [0.15, 0.2) is 6.23 Å². The Kier molecular flexibility index (Phi) is 3.35. The van der Waals surface area contributed by atoms with Gasteiger partial charge in [-0.15, -0.1) is 11.3 Å². The number of thiophene rings is 1. The number of hydrogen-bond acceptors (Lipinski definition) is 6. The van der Waals surface area contributed by atoms with Gasteiger partial charge in [-0.2, -0.15) is 5.26 Å². The van der Waals surface area contributed by atoms with Gasteiger partial charge in [0.2, 0.25) is 11.8 Å². The number of carbonyl (C=O) groups excluding carboxylic acids is 2. The highest BCUT2D eigenvalue weighted by Crippen LogP contribution is 2.43. The number of imide groups is 1. The van der Waals surface area contributed by atoms with Gasteiger partial charge in [0, 0.05) is 4.88 Å². The molecule has 2 aliphatic heterocycles. The van der Waals surface area contributed by atoms with E-state index in [0.717, 1.165) is 8.66 Å². The van der Waals surface area contributed by atoms with Gasteiger partial charge in [0.05, 0.1) is 15.3 Å². The largest absolute Gasteiger partial charge is 0.454 e. The van der Waals surface area contributed by atoms with Gasteiger partial charge in [-0.3, -0.25) is 10.1 Å². The summed E-state index contributed by atoms with van der Waals surface area (Å²) >= 11 is 4.76. The molecule has 3 rings (SSSR count). The van der Waals surface area contributed by atoms with Crippen molar-refractivity contribution in [1.29, 1.82) is 5.26 Å². The van der Waals surface area contributed by atoms with E-state index in [4.69, 9.17) is 10.5 Å². The summed E-state index contributed by atoms with van der Waals surface area (Å²) in [5.74, 6) is -1.84. The third-order valence-corrected chi connectivity index (χ3v) is 5.06. The van der Waals surface area contributed by atoms with Gasteiger partial charge in [0.1, 0.15) is 12.0 Å². The highest BCUT2D eigenvalue weighted by atomic mass is 79.9. The topological polar surface area (TPSA) is 117 Å². The van der Waals surface area contributed by atoms with Crippen molar-refractivity contribution < 1.29 is 14.3 Å². The van der Waals surface area contributed by atoms with Crippen LogP contribution in [0.3, 0.4) is 0 Å². The zero-order valence-corrected chi connectivity index (χ0v) is 12.8. The Morgan fingerprint density at radius 2 is 2.19 bits per heavy atom. The predicted molar refractivity (Wildman–Crippen MR) is 76.6 cm³/mol. The number of nitrogens with zero attached hydrogens (tertiary/aromatic N) is 1. The van der Waals surface area contributed by atoms with Crippen LogP contribution in [0.15, 0.2) is 27.4 Å². The van der Waals surface area contributed by atoms with E-state index in [1.54, 1.807) is 0 Å². The molecule has 0 aromatic carbocycles. The Balaban J connectivity index is 2.12. The summed E-state index contributed by atoms with van der Waals surface area (Å²) in [4.78, 5) is 24.3. The summed E-state index contributed by atoms with van der Waals surface area (Å²) in [5, 5.41) is 14.0. The number of fused-ring (bicyclic) bond motifs is 1. The quantitative estimate of drug-likeness (QED) is 0.685. The van der Waals surface area contributed by atoms with Gasteiger partial charge in [0.25, 0.3) is 0 Å². The van der Waals surface area contributed by atoms with Crippen LogP contribution in [0, 0.1) is 17.2 Å². The normalized spacial score (nSPS) is 28.1. The molecule has 3 heterocycles. The van der Waals surface area contributed by atoms with E-state index in [-0.39, 0.29) is 11.5 Å². The average molecular weight is 369 g/mol. The van der Waals surface area contributed by atoms with E-state index >= 15 is 0 Å². The zero-order chi connectivity index (χ0) is 15.1. The second-order valence-electron chi connectivity index (χ2n) is 4.54. The molecule has 7 nitrogen and oxygen atoms in total. The molecule has 21 heavy (non-hydrogen) atoms. The zero-order valence-electron chi connectivity index (χ0n) is 10.4. The van der Waals surface area contributed by atoms with Gasteiger partial charge >= 0.3 is 6.03 Å². The Morgan fingerprint density at radius 3 is 2.81 bits per heavy atom. The maximum atomic E-state index is 12.2. The van der Waals surface area contributed by atoms with E-state index in [9.17, 15) is 14.9 Å². The first-order chi connectivity index (χ1) is 10.0. The fourth-order valence-electron chi connectivity index (χ4n) is 2.49. The number of halogens is 1. The van der Waals surface area contributed by atoms with Crippen LogP contribution in [0.25, 0.3) is 0 Å². The lowest BCUT2D eigenvalue weighted by Crippen LogP contribution is -2.62. The van der Waals surface area contributed by atoms with Crippen LogP contribution in [0.5, 0.6) is 0 Å². The molecule has 3 unspecified atom stereocenters. The van der Waals surface area contributed by atoms with E-state index < -0.39 is 30.0 Å². The van der Waals surface area contributed by atoms with Crippen molar-refractivity contribution in [1.82, 2.24) is 10.6 Å². The van der Waals surface area contributed by atoms with Crippen LogP contribution < -0.4 is 16.4 Å². The van der Waals surface area contributed by atoms with Crippen molar-refractivity contribution in [2.75, 3.05) is 0 Å². The SMILES string of the molecule is N#CC1=C(N)OC2NC(=O)NC(=O)C2C1c1ccc(Br)s1. The van der Waals surface area contributed by atoms with E-state index in [2.05, 4.69) is 26.6 Å². The van der Waals surface area contributed by atoms with Crippen LogP contribution in [-0.4, -0.2) is 18.2 Å². The molecule has 0 spiro atoms. The Hall–Kier alpha value is -2.05. The minimum Gasteiger partial charge on any atom is -0.454 e. The molecule has 2 aliphatic rings. The maximum absolute atomic E-state index is 12.2. The number of urea groups is 1. The Bertz CT molecular complexity index is 708. The fourth-order valence-corrected chi connectivity index (χ4v) is 4.07. The molecule has 3 amide bonds. The van der Waals surface area contributed by atoms with Crippen LogP contribution >= 0.6 is 27.3 Å². The standard InChI is InChI=1S/C12H9BrN4O3S/c13-6-2-1-5(21-6)7-4(3-14)9(15)20-11-8(7)10(18)16-12(19)17-11/h1-2,7-8,11H,15H2,(H2,16,17,18,19). The molecule has 0 saturated carbocycles. The molecule has 3 atom stereocenters. The third kappa shape index (κ3) is 2.26. The van der Waals surface area contributed by atoms with Crippen LogP contribution in [-0.2, 0) is 9.53 Å². The van der Waals surface area contributed by atoms with E-state index in [0.29, 0.717) is 0 Å². The number of nitrogens with one attached hydrogen (secondary N) is 2. The Morgan fingerprint density at radius 1 is 1.43 bits per heavy atom. The van der Waals surface area contributed by atoms with E-state index in [1.807, 2.05) is 18.2 Å². The summed E-state index contributed by atoms with van der Waals surface area (Å²) in [7, 11) is 0. The van der Waals surface area contributed by atoms with E-state index in [1.165, 1.54) is 11.3 Å². The molecule has 1 saturated heterocycles. The van der Waals surface area contributed by atoms with Crippen molar-refractivity contribution in [2.24, 2.45) is 11.7 Å². The van der Waals surface area contributed by atoms with Crippen molar-refractivity contribution in [2.45, 2.75) is 12.1 Å². The van der Waals surface area contributed by atoms with Crippen molar-refractivity contribution >= 4 is 39.2 Å². The highest BCUT2D eigenvalue weighted by molar-refractivity contribution is 9.11. The molecule has 4 N–H and O–H groups in total. The average Bonchev–Trinajstić information content (AvgIpc) is 2.83. The Labute approximate surface area is 131 Å². The number of carbonyl (C=O) groups is 2. The minimum atomic E-state index is -0.880. The van der Waals surface area contributed by atoms with Crippen molar-refractivity contribution in [3.8, 4) is 6.07 Å². The van der Waals surface area contributed by atoms with Crippen molar-refractivity contribution in [3.63, 3.8) is 0 Å². The monoisotopic (exact) mass is 368 g/mol. The molecule has 9 heteroatoms.